The quantitative estimate of drug-likeness (QED) is 0.752. The summed E-state index contributed by atoms with van der Waals surface area (Å²) in [6, 6.07) is 15.5. The highest BCUT2D eigenvalue weighted by molar-refractivity contribution is 6.30. The molecule has 3 amide bonds. The van der Waals surface area contributed by atoms with Crippen LogP contribution in [0.4, 0.5) is 10.5 Å². The smallest absolute Gasteiger partial charge is 0.319 e. The van der Waals surface area contributed by atoms with Crippen molar-refractivity contribution in [2.75, 3.05) is 11.9 Å². The average Bonchev–Trinajstić information content (AvgIpc) is 2.57. The fraction of sp³-hybridized carbons (Fsp3) is 0.222. The van der Waals surface area contributed by atoms with Crippen molar-refractivity contribution in [3.8, 4) is 0 Å². The summed E-state index contributed by atoms with van der Waals surface area (Å²) in [5, 5.41) is 8.76. The Morgan fingerprint density at radius 2 is 1.71 bits per heavy atom. The van der Waals surface area contributed by atoms with Crippen molar-refractivity contribution >= 4 is 29.2 Å². The number of para-hydroxylation sites is 1. The second kappa shape index (κ2) is 8.93. The van der Waals surface area contributed by atoms with E-state index in [1.54, 1.807) is 19.1 Å². The lowest BCUT2D eigenvalue weighted by Crippen LogP contribution is -2.46. The zero-order valence-corrected chi connectivity index (χ0v) is 14.1. The van der Waals surface area contributed by atoms with Gasteiger partial charge in [0.25, 0.3) is 0 Å². The van der Waals surface area contributed by atoms with Gasteiger partial charge in [-0.15, -0.1) is 0 Å². The third-order valence-electron chi connectivity index (χ3n) is 3.40. The largest absolute Gasteiger partial charge is 0.354 e. The number of rotatable bonds is 6. The zero-order valence-electron chi connectivity index (χ0n) is 13.4. The predicted molar refractivity (Wildman–Crippen MR) is 96.2 cm³/mol. The fourth-order valence-electron chi connectivity index (χ4n) is 2.09. The summed E-state index contributed by atoms with van der Waals surface area (Å²) in [6.45, 7) is 2.13. The molecule has 2 aromatic rings. The van der Waals surface area contributed by atoms with E-state index < -0.39 is 12.1 Å². The molecule has 3 N–H and O–H groups in total. The average molecular weight is 346 g/mol. The zero-order chi connectivity index (χ0) is 17.4. The second-order valence-electron chi connectivity index (χ2n) is 5.35. The van der Waals surface area contributed by atoms with Crippen LogP contribution in [0.3, 0.4) is 0 Å². The summed E-state index contributed by atoms with van der Waals surface area (Å²) in [5.74, 6) is -0.229. The molecule has 0 saturated heterocycles. The number of amides is 3. The van der Waals surface area contributed by atoms with E-state index in [1.165, 1.54) is 0 Å². The summed E-state index contributed by atoms with van der Waals surface area (Å²) in [6.07, 6.45) is 0.700. The number of urea groups is 1. The fourth-order valence-corrected chi connectivity index (χ4v) is 2.21. The van der Waals surface area contributed by atoms with E-state index in [-0.39, 0.29) is 5.91 Å². The molecule has 6 heteroatoms. The van der Waals surface area contributed by atoms with Gasteiger partial charge in [0.15, 0.2) is 0 Å². The monoisotopic (exact) mass is 345 g/mol. The molecule has 1 unspecified atom stereocenters. The molecule has 0 aromatic heterocycles. The molecule has 24 heavy (non-hydrogen) atoms. The maximum atomic E-state index is 12.0. The molecular formula is C18H20ClN3O2. The van der Waals surface area contributed by atoms with Crippen LogP contribution in [0.1, 0.15) is 12.5 Å². The Morgan fingerprint density at radius 3 is 2.38 bits per heavy atom. The van der Waals surface area contributed by atoms with Gasteiger partial charge in [-0.1, -0.05) is 41.9 Å². The highest BCUT2D eigenvalue weighted by Crippen LogP contribution is 2.09. The molecule has 5 nitrogen and oxygen atoms in total. The van der Waals surface area contributed by atoms with E-state index in [0.29, 0.717) is 23.7 Å². The Bertz CT molecular complexity index is 674. The Hall–Kier alpha value is -2.53. The lowest BCUT2D eigenvalue weighted by Gasteiger charge is -2.15. The van der Waals surface area contributed by atoms with E-state index in [1.807, 2.05) is 42.5 Å². The van der Waals surface area contributed by atoms with Crippen LogP contribution in [-0.2, 0) is 11.2 Å². The van der Waals surface area contributed by atoms with Crippen molar-refractivity contribution in [2.24, 2.45) is 0 Å². The lowest BCUT2D eigenvalue weighted by atomic mass is 10.1. The van der Waals surface area contributed by atoms with Crippen LogP contribution in [-0.4, -0.2) is 24.5 Å². The van der Waals surface area contributed by atoms with Crippen LogP contribution in [0.2, 0.25) is 5.02 Å². The van der Waals surface area contributed by atoms with Gasteiger partial charge in [-0.3, -0.25) is 4.79 Å². The van der Waals surface area contributed by atoms with Crippen LogP contribution in [0.15, 0.2) is 54.6 Å². The number of carbonyl (C=O) groups is 2. The first-order valence-corrected chi connectivity index (χ1v) is 8.07. The van der Waals surface area contributed by atoms with Gasteiger partial charge in [-0.05, 0) is 43.2 Å². The number of nitrogens with one attached hydrogen (secondary N) is 3. The Balaban J connectivity index is 1.71. The maximum absolute atomic E-state index is 12.0. The molecule has 0 aliphatic heterocycles. The number of halogens is 1. The highest BCUT2D eigenvalue weighted by atomic mass is 35.5. The molecule has 0 radical (unpaired) electrons. The first-order valence-electron chi connectivity index (χ1n) is 7.69. The Morgan fingerprint density at radius 1 is 1.04 bits per heavy atom. The van der Waals surface area contributed by atoms with Gasteiger partial charge in [-0.25, -0.2) is 4.79 Å². The molecule has 0 aliphatic carbocycles. The summed E-state index contributed by atoms with van der Waals surface area (Å²) in [4.78, 5) is 23.8. The molecule has 0 aliphatic rings. The van der Waals surface area contributed by atoms with E-state index in [2.05, 4.69) is 16.0 Å². The number of hydrogen-bond acceptors (Lipinski definition) is 2. The predicted octanol–water partition coefficient (Wildman–Crippen LogP) is 3.21. The van der Waals surface area contributed by atoms with Gasteiger partial charge in [0, 0.05) is 17.3 Å². The molecule has 0 saturated carbocycles. The van der Waals surface area contributed by atoms with Crippen LogP contribution in [0, 0.1) is 0 Å². The topological polar surface area (TPSA) is 70.2 Å². The van der Waals surface area contributed by atoms with Gasteiger partial charge < -0.3 is 16.0 Å². The number of carbonyl (C=O) groups excluding carboxylic acids is 2. The highest BCUT2D eigenvalue weighted by Gasteiger charge is 2.14. The summed E-state index contributed by atoms with van der Waals surface area (Å²) in [7, 11) is 0. The van der Waals surface area contributed by atoms with Gasteiger partial charge in [0.2, 0.25) is 5.91 Å². The van der Waals surface area contributed by atoms with E-state index >= 15 is 0 Å². The summed E-state index contributed by atoms with van der Waals surface area (Å²) in [5.41, 5.74) is 1.76. The molecule has 0 bridgehead atoms. The Kier molecular flexibility index (Phi) is 6.63. The summed E-state index contributed by atoms with van der Waals surface area (Å²) < 4.78 is 0. The van der Waals surface area contributed by atoms with Crippen molar-refractivity contribution in [3.63, 3.8) is 0 Å². The van der Waals surface area contributed by atoms with E-state index in [4.69, 9.17) is 11.6 Å². The SMILES string of the molecule is CC(NC(=O)Nc1ccccc1)C(=O)NCCc1ccc(Cl)cc1. The molecule has 2 aromatic carbocycles. The molecule has 0 fully saturated rings. The van der Waals surface area contributed by atoms with Crippen molar-refractivity contribution in [3.05, 3.63) is 65.2 Å². The second-order valence-corrected chi connectivity index (χ2v) is 5.79. The first-order chi connectivity index (χ1) is 11.5. The molecular weight excluding hydrogens is 326 g/mol. The minimum Gasteiger partial charge on any atom is -0.354 e. The third kappa shape index (κ3) is 5.93. The third-order valence-corrected chi connectivity index (χ3v) is 3.65. The Labute approximate surface area is 146 Å². The standard InChI is InChI=1S/C18H20ClN3O2/c1-13(21-18(24)22-16-5-3-2-4-6-16)17(23)20-12-11-14-7-9-15(19)10-8-14/h2-10,13H,11-12H2,1H3,(H,20,23)(H2,21,22,24). The number of benzene rings is 2. The van der Waals surface area contributed by atoms with Crippen LogP contribution in [0.5, 0.6) is 0 Å². The molecule has 126 valence electrons. The maximum Gasteiger partial charge on any atom is 0.319 e. The van der Waals surface area contributed by atoms with Crippen LogP contribution >= 0.6 is 11.6 Å². The van der Waals surface area contributed by atoms with Gasteiger partial charge >= 0.3 is 6.03 Å². The molecule has 0 heterocycles. The molecule has 1 atom stereocenters. The van der Waals surface area contributed by atoms with Gasteiger partial charge in [-0.2, -0.15) is 0 Å². The minimum atomic E-state index is -0.626. The van der Waals surface area contributed by atoms with Crippen LogP contribution < -0.4 is 16.0 Å². The van der Waals surface area contributed by atoms with E-state index in [0.717, 1.165) is 5.56 Å². The lowest BCUT2D eigenvalue weighted by molar-refractivity contribution is -0.122. The van der Waals surface area contributed by atoms with Crippen molar-refractivity contribution in [1.29, 1.82) is 0 Å². The van der Waals surface area contributed by atoms with Gasteiger partial charge in [0.05, 0.1) is 0 Å². The van der Waals surface area contributed by atoms with Crippen molar-refractivity contribution in [1.82, 2.24) is 10.6 Å². The van der Waals surface area contributed by atoms with E-state index in [9.17, 15) is 9.59 Å². The molecule has 2 rings (SSSR count). The van der Waals surface area contributed by atoms with Gasteiger partial charge in [0.1, 0.15) is 6.04 Å². The minimum absolute atomic E-state index is 0.229. The van der Waals surface area contributed by atoms with Crippen molar-refractivity contribution < 1.29 is 9.59 Å². The van der Waals surface area contributed by atoms with Crippen molar-refractivity contribution in [2.45, 2.75) is 19.4 Å². The summed E-state index contributed by atoms with van der Waals surface area (Å²) >= 11 is 5.83. The first kappa shape index (κ1) is 17.8. The number of hydrogen-bond donors (Lipinski definition) is 3. The molecule has 0 spiro atoms. The van der Waals surface area contributed by atoms with Crippen LogP contribution in [0.25, 0.3) is 0 Å². The number of anilines is 1. The normalized spacial score (nSPS) is 11.4.